The number of aromatic nitrogens is 1. The number of benzene rings is 2. The molecule has 35 heavy (non-hydrogen) atoms. The minimum absolute atomic E-state index is 0.0422. The van der Waals surface area contributed by atoms with Crippen LogP contribution in [0.2, 0.25) is 0 Å². The number of ether oxygens (including phenoxy) is 1. The summed E-state index contributed by atoms with van der Waals surface area (Å²) in [5, 5.41) is 0.583. The van der Waals surface area contributed by atoms with Crippen molar-refractivity contribution in [2.45, 2.75) is 29.3 Å². The van der Waals surface area contributed by atoms with Gasteiger partial charge in [-0.1, -0.05) is 25.1 Å². The molecule has 3 amide bonds. The van der Waals surface area contributed by atoms with Crippen LogP contribution < -0.4 is 14.5 Å². The lowest BCUT2D eigenvalue weighted by Gasteiger charge is -2.25. The molecule has 5 rings (SSSR count). The van der Waals surface area contributed by atoms with Gasteiger partial charge in [0.25, 0.3) is 15.7 Å². The van der Waals surface area contributed by atoms with Gasteiger partial charge in [0.1, 0.15) is 5.54 Å². The van der Waals surface area contributed by atoms with E-state index >= 15 is 0 Å². The highest BCUT2D eigenvalue weighted by Gasteiger charge is 2.71. The Morgan fingerprint density at radius 3 is 2.29 bits per heavy atom. The van der Waals surface area contributed by atoms with Gasteiger partial charge < -0.3 is 4.74 Å². The van der Waals surface area contributed by atoms with E-state index in [-0.39, 0.29) is 17.4 Å². The molecule has 12 heteroatoms. The lowest BCUT2D eigenvalue weighted by atomic mass is 10.1. The predicted octanol–water partition coefficient (Wildman–Crippen LogP) is 4.29. The lowest BCUT2D eigenvalue weighted by molar-refractivity contribution is -0.119. The van der Waals surface area contributed by atoms with Gasteiger partial charge in [-0.2, -0.15) is 13.2 Å². The highest BCUT2D eigenvalue weighted by atomic mass is 32.2. The summed E-state index contributed by atoms with van der Waals surface area (Å²) in [5.74, 6) is -0.480. The number of fused-ring (bicyclic) bond motifs is 1. The van der Waals surface area contributed by atoms with Crippen molar-refractivity contribution in [2.75, 3.05) is 16.9 Å². The molecule has 2 heterocycles. The number of hydrogen-bond donors (Lipinski definition) is 0. The average molecular weight is 505 g/mol. The normalized spacial score (nSPS) is 22.4. The maximum Gasteiger partial charge on any atom is 0.501 e. The number of carbonyl (C=O) groups excluding carboxylic acids is 2. The van der Waals surface area contributed by atoms with E-state index in [4.69, 9.17) is 4.74 Å². The van der Waals surface area contributed by atoms with Crippen LogP contribution >= 0.6 is 0 Å². The molecule has 1 saturated heterocycles. The summed E-state index contributed by atoms with van der Waals surface area (Å²) in [6.07, 6.45) is 1.82. The van der Waals surface area contributed by atoms with Gasteiger partial charge in [0, 0.05) is 5.39 Å². The fraction of sp³-hybridized carbons (Fsp3) is 0.261. The maximum absolute atomic E-state index is 13.7. The van der Waals surface area contributed by atoms with E-state index in [2.05, 4.69) is 4.98 Å². The molecule has 2 aromatic carbocycles. The zero-order valence-electron chi connectivity index (χ0n) is 18.4. The molecule has 0 radical (unpaired) electrons. The number of hydrogen-bond acceptors (Lipinski definition) is 6. The van der Waals surface area contributed by atoms with Crippen LogP contribution in [0.1, 0.15) is 13.3 Å². The molecule has 1 aliphatic heterocycles. The number of carbonyl (C=O) groups is 2. The van der Waals surface area contributed by atoms with Gasteiger partial charge in [0.2, 0.25) is 0 Å². The maximum atomic E-state index is 13.7. The number of pyridine rings is 1. The summed E-state index contributed by atoms with van der Waals surface area (Å²) in [5.41, 5.74) is -5.78. The van der Waals surface area contributed by atoms with Crippen molar-refractivity contribution in [1.29, 1.82) is 0 Å². The van der Waals surface area contributed by atoms with Gasteiger partial charge in [-0.25, -0.2) is 18.1 Å². The number of imide groups is 1. The van der Waals surface area contributed by atoms with E-state index in [0.29, 0.717) is 23.0 Å². The molecule has 1 spiro atoms. The first-order chi connectivity index (χ1) is 16.4. The third-order valence-corrected chi connectivity index (χ3v) is 8.00. The third-order valence-electron chi connectivity index (χ3n) is 6.49. The van der Waals surface area contributed by atoms with Crippen molar-refractivity contribution in [3.8, 4) is 5.75 Å². The van der Waals surface area contributed by atoms with Crippen LogP contribution in [-0.4, -0.2) is 43.5 Å². The summed E-state index contributed by atoms with van der Waals surface area (Å²) in [7, 11) is -4.16. The number of rotatable bonds is 4. The summed E-state index contributed by atoms with van der Waals surface area (Å²) in [4.78, 5) is 32.9. The fourth-order valence-corrected chi connectivity index (χ4v) is 5.35. The topological polar surface area (TPSA) is 96.9 Å². The predicted molar refractivity (Wildman–Crippen MR) is 120 cm³/mol. The van der Waals surface area contributed by atoms with Crippen molar-refractivity contribution < 1.29 is 35.9 Å². The highest BCUT2D eigenvalue weighted by molar-refractivity contribution is 7.92. The zero-order chi connectivity index (χ0) is 25.3. The zero-order valence-corrected chi connectivity index (χ0v) is 19.2. The summed E-state index contributed by atoms with van der Waals surface area (Å²) >= 11 is 0. The molecule has 2 fully saturated rings. The fourth-order valence-electron chi connectivity index (χ4n) is 4.58. The molecule has 8 nitrogen and oxygen atoms in total. The van der Waals surface area contributed by atoms with E-state index in [1.165, 1.54) is 18.2 Å². The van der Waals surface area contributed by atoms with Crippen molar-refractivity contribution in [3.63, 3.8) is 0 Å². The van der Waals surface area contributed by atoms with Gasteiger partial charge in [-0.15, -0.1) is 0 Å². The van der Waals surface area contributed by atoms with Gasteiger partial charge in [-0.05, 0) is 42.7 Å². The van der Waals surface area contributed by atoms with E-state index in [1.54, 1.807) is 24.3 Å². The minimum Gasteiger partial charge on any atom is -0.493 e. The molecule has 1 aromatic heterocycles. The summed E-state index contributed by atoms with van der Waals surface area (Å²) in [6, 6.07) is 9.80. The summed E-state index contributed by atoms with van der Waals surface area (Å²) in [6.45, 7) is 1.82. The second-order valence-electron chi connectivity index (χ2n) is 8.42. The number of urea groups is 1. The van der Waals surface area contributed by atoms with Crippen LogP contribution in [0.5, 0.6) is 5.75 Å². The van der Waals surface area contributed by atoms with Crippen molar-refractivity contribution in [3.05, 3.63) is 54.7 Å². The Kier molecular flexibility index (Phi) is 4.89. The number of halogens is 3. The SMILES string of the molecule is COc1cnc2ccccc2c1N1C(=O)N(c2ccc(S(=O)(=O)C(F)(F)F)cc2)C(=O)C12CC2C. The van der Waals surface area contributed by atoms with Gasteiger partial charge in [0.15, 0.2) is 5.75 Å². The van der Waals surface area contributed by atoms with E-state index in [9.17, 15) is 31.2 Å². The number of anilines is 2. The van der Waals surface area contributed by atoms with Crippen LogP contribution in [0, 0.1) is 5.92 Å². The molecule has 0 bridgehead atoms. The molecular formula is C23H18F3N3O5S. The molecule has 3 aromatic rings. The Morgan fingerprint density at radius 2 is 1.71 bits per heavy atom. The Labute approximate surface area is 197 Å². The van der Waals surface area contributed by atoms with Gasteiger partial charge in [0.05, 0.1) is 35.1 Å². The smallest absolute Gasteiger partial charge is 0.493 e. The van der Waals surface area contributed by atoms with E-state index < -0.39 is 37.7 Å². The van der Waals surface area contributed by atoms with Crippen LogP contribution in [0.25, 0.3) is 10.9 Å². The van der Waals surface area contributed by atoms with Crippen LogP contribution in [0.4, 0.5) is 29.3 Å². The van der Waals surface area contributed by atoms with Crippen LogP contribution in [-0.2, 0) is 14.6 Å². The number of methoxy groups -OCH3 is 1. The quantitative estimate of drug-likeness (QED) is 0.491. The monoisotopic (exact) mass is 505 g/mol. The molecule has 1 aliphatic carbocycles. The number of amides is 3. The van der Waals surface area contributed by atoms with Gasteiger partial charge >= 0.3 is 11.5 Å². The van der Waals surface area contributed by atoms with Gasteiger partial charge in [-0.3, -0.25) is 14.7 Å². The van der Waals surface area contributed by atoms with Crippen molar-refractivity contribution in [1.82, 2.24) is 4.98 Å². The lowest BCUT2D eigenvalue weighted by Crippen LogP contribution is -2.39. The second kappa shape index (κ2) is 7.41. The number of para-hydroxylation sites is 1. The average Bonchev–Trinajstić information content (AvgIpc) is 3.44. The van der Waals surface area contributed by atoms with Crippen molar-refractivity contribution in [2.24, 2.45) is 5.92 Å². The largest absolute Gasteiger partial charge is 0.501 e. The first kappa shape index (κ1) is 23.1. The Bertz CT molecular complexity index is 1490. The third kappa shape index (κ3) is 3.12. The van der Waals surface area contributed by atoms with E-state index in [1.807, 2.05) is 6.92 Å². The Hall–Kier alpha value is -3.67. The number of nitrogens with zero attached hydrogens (tertiary/aromatic N) is 3. The van der Waals surface area contributed by atoms with Crippen molar-refractivity contribution >= 4 is 44.1 Å². The molecular weight excluding hydrogens is 487 g/mol. The minimum atomic E-state index is -5.57. The number of sulfone groups is 1. The first-order valence-corrected chi connectivity index (χ1v) is 12.0. The summed E-state index contributed by atoms with van der Waals surface area (Å²) < 4.78 is 67.6. The van der Waals surface area contributed by atoms with E-state index in [0.717, 1.165) is 29.2 Å². The Morgan fingerprint density at radius 1 is 1.09 bits per heavy atom. The first-order valence-electron chi connectivity index (χ1n) is 10.5. The molecule has 2 atom stereocenters. The highest BCUT2D eigenvalue weighted by Crippen LogP contribution is 2.57. The standard InChI is InChI=1S/C23H18F3N3O5S/c1-13-11-22(13)20(30)28(14-7-9-15(10-8-14)35(32,33)23(24,25)26)21(31)29(22)19-16-5-3-4-6-17(16)27-12-18(19)34-2/h3-10,12-13H,11H2,1-2H3. The van der Waals surface area contributed by atoms with Crippen LogP contribution in [0.15, 0.2) is 59.6 Å². The molecule has 2 aliphatic rings. The number of alkyl halides is 3. The molecule has 1 saturated carbocycles. The van der Waals surface area contributed by atoms with Crippen LogP contribution in [0.3, 0.4) is 0 Å². The second-order valence-corrected chi connectivity index (χ2v) is 10.4. The molecule has 182 valence electrons. The molecule has 2 unspecified atom stereocenters. The molecule has 0 N–H and O–H groups in total. The Balaban J connectivity index is 1.63.